The third kappa shape index (κ3) is 3.54. The molecule has 2 aromatic rings. The first-order chi connectivity index (χ1) is 9.60. The van der Waals surface area contributed by atoms with Crippen molar-refractivity contribution in [2.45, 2.75) is 26.8 Å². The second-order valence-corrected chi connectivity index (χ2v) is 4.72. The van der Waals surface area contributed by atoms with Crippen molar-refractivity contribution in [3.05, 3.63) is 53.5 Å². The molecule has 0 amide bonds. The van der Waals surface area contributed by atoms with Gasteiger partial charge in [0.15, 0.2) is 0 Å². The molecule has 0 aliphatic heterocycles. The third-order valence-corrected chi connectivity index (χ3v) is 3.14. The Hall–Kier alpha value is -1.94. The van der Waals surface area contributed by atoms with Crippen LogP contribution in [0.25, 0.3) is 0 Å². The van der Waals surface area contributed by atoms with Crippen molar-refractivity contribution >= 4 is 0 Å². The largest absolute Gasteiger partial charge is 0.439 e. The molecule has 1 aromatic heterocycles. The Kier molecular flexibility index (Phi) is 4.69. The van der Waals surface area contributed by atoms with Gasteiger partial charge in [0.1, 0.15) is 11.6 Å². The van der Waals surface area contributed by atoms with Gasteiger partial charge in [-0.3, -0.25) is 0 Å². The molecule has 1 aromatic carbocycles. The average Bonchev–Trinajstić information content (AvgIpc) is 2.44. The van der Waals surface area contributed by atoms with E-state index in [9.17, 15) is 4.39 Å². The molecule has 3 nitrogen and oxygen atoms in total. The number of aryl methyl sites for hydroxylation is 1. The van der Waals surface area contributed by atoms with Gasteiger partial charge in [-0.15, -0.1) is 0 Å². The van der Waals surface area contributed by atoms with Gasteiger partial charge in [0.2, 0.25) is 5.88 Å². The van der Waals surface area contributed by atoms with Crippen LogP contribution in [0, 0.1) is 12.7 Å². The smallest absolute Gasteiger partial charge is 0.219 e. The molecule has 0 bridgehead atoms. The van der Waals surface area contributed by atoms with E-state index in [0.717, 1.165) is 12.1 Å². The van der Waals surface area contributed by atoms with E-state index in [-0.39, 0.29) is 11.9 Å². The van der Waals surface area contributed by atoms with Crippen LogP contribution in [0.4, 0.5) is 4.39 Å². The normalized spacial score (nSPS) is 12.2. The number of ether oxygens (including phenoxy) is 1. The Morgan fingerprint density at radius 2 is 2.10 bits per heavy atom. The van der Waals surface area contributed by atoms with Gasteiger partial charge < -0.3 is 10.1 Å². The van der Waals surface area contributed by atoms with Crippen LogP contribution >= 0.6 is 0 Å². The molecule has 106 valence electrons. The van der Waals surface area contributed by atoms with E-state index in [4.69, 9.17) is 4.74 Å². The summed E-state index contributed by atoms with van der Waals surface area (Å²) in [6.45, 7) is 6.76. The second-order valence-electron chi connectivity index (χ2n) is 4.72. The number of nitrogens with one attached hydrogen (secondary N) is 1. The molecular formula is C16H19FN2O. The molecule has 1 atom stereocenters. The average molecular weight is 274 g/mol. The maximum atomic E-state index is 13.4. The Labute approximate surface area is 118 Å². The van der Waals surface area contributed by atoms with Crippen molar-refractivity contribution in [2.24, 2.45) is 0 Å². The Bertz CT molecular complexity index is 569. The zero-order chi connectivity index (χ0) is 14.5. The van der Waals surface area contributed by atoms with E-state index in [1.807, 2.05) is 6.07 Å². The van der Waals surface area contributed by atoms with Crippen LogP contribution in [-0.4, -0.2) is 11.5 Å². The first-order valence-electron chi connectivity index (χ1n) is 6.73. The lowest BCUT2D eigenvalue weighted by molar-refractivity contribution is 0.456. The highest BCUT2D eigenvalue weighted by Crippen LogP contribution is 2.22. The maximum absolute atomic E-state index is 13.4. The fraction of sp³-hybridized carbons (Fsp3) is 0.312. The van der Waals surface area contributed by atoms with Crippen LogP contribution in [0.3, 0.4) is 0 Å². The van der Waals surface area contributed by atoms with Crippen LogP contribution in [0.5, 0.6) is 11.6 Å². The van der Waals surface area contributed by atoms with E-state index < -0.39 is 0 Å². The summed E-state index contributed by atoms with van der Waals surface area (Å²) in [6.07, 6.45) is 1.77. The van der Waals surface area contributed by atoms with Crippen molar-refractivity contribution in [1.82, 2.24) is 10.3 Å². The summed E-state index contributed by atoms with van der Waals surface area (Å²) in [5.74, 6) is 0.633. The molecule has 0 radical (unpaired) electrons. The summed E-state index contributed by atoms with van der Waals surface area (Å²) in [4.78, 5) is 4.24. The number of benzene rings is 1. The number of aromatic nitrogens is 1. The van der Waals surface area contributed by atoms with E-state index >= 15 is 0 Å². The molecule has 0 saturated carbocycles. The fourth-order valence-corrected chi connectivity index (χ4v) is 1.89. The van der Waals surface area contributed by atoms with Crippen molar-refractivity contribution in [1.29, 1.82) is 0 Å². The Balaban J connectivity index is 2.08. The number of halogens is 1. The topological polar surface area (TPSA) is 34.1 Å². The minimum absolute atomic E-state index is 0.248. The zero-order valence-corrected chi connectivity index (χ0v) is 12.0. The van der Waals surface area contributed by atoms with Crippen molar-refractivity contribution in [3.8, 4) is 11.6 Å². The summed E-state index contributed by atoms with van der Waals surface area (Å²) in [7, 11) is 0. The van der Waals surface area contributed by atoms with E-state index in [1.165, 1.54) is 6.07 Å². The van der Waals surface area contributed by atoms with Crippen LogP contribution in [-0.2, 0) is 0 Å². The van der Waals surface area contributed by atoms with Gasteiger partial charge in [0, 0.05) is 24.4 Å². The number of rotatable bonds is 5. The van der Waals surface area contributed by atoms with E-state index in [1.54, 1.807) is 31.3 Å². The quantitative estimate of drug-likeness (QED) is 0.895. The molecule has 0 aliphatic carbocycles. The molecule has 20 heavy (non-hydrogen) atoms. The molecule has 0 saturated heterocycles. The highest BCUT2D eigenvalue weighted by atomic mass is 19.1. The number of pyridine rings is 1. The molecule has 1 unspecified atom stereocenters. The van der Waals surface area contributed by atoms with Crippen LogP contribution < -0.4 is 10.1 Å². The number of hydrogen-bond donors (Lipinski definition) is 1. The molecule has 0 aliphatic rings. The molecule has 2 rings (SSSR count). The van der Waals surface area contributed by atoms with Crippen molar-refractivity contribution < 1.29 is 9.13 Å². The SMILES string of the molecule is CCNC(C)c1ccc(Oc2ccc(C)c(F)c2)nc1. The van der Waals surface area contributed by atoms with Gasteiger partial charge in [-0.1, -0.05) is 19.1 Å². The fourth-order valence-electron chi connectivity index (χ4n) is 1.89. The summed E-state index contributed by atoms with van der Waals surface area (Å²) in [5.41, 5.74) is 1.69. The summed E-state index contributed by atoms with van der Waals surface area (Å²) in [5, 5.41) is 3.31. The highest BCUT2D eigenvalue weighted by Gasteiger charge is 2.06. The van der Waals surface area contributed by atoms with Gasteiger partial charge in [-0.05, 0) is 37.6 Å². The van der Waals surface area contributed by atoms with Gasteiger partial charge in [-0.2, -0.15) is 0 Å². The molecule has 0 spiro atoms. The first-order valence-corrected chi connectivity index (χ1v) is 6.73. The molecule has 4 heteroatoms. The lowest BCUT2D eigenvalue weighted by Gasteiger charge is -2.12. The van der Waals surface area contributed by atoms with Gasteiger partial charge >= 0.3 is 0 Å². The van der Waals surface area contributed by atoms with Gasteiger partial charge in [0.25, 0.3) is 0 Å². The lowest BCUT2D eigenvalue weighted by atomic mass is 10.1. The summed E-state index contributed by atoms with van der Waals surface area (Å²) < 4.78 is 19.0. The second kappa shape index (κ2) is 6.48. The van der Waals surface area contributed by atoms with Crippen LogP contribution in [0.1, 0.15) is 31.0 Å². The van der Waals surface area contributed by atoms with Gasteiger partial charge in [0.05, 0.1) is 0 Å². The van der Waals surface area contributed by atoms with Crippen LogP contribution in [0.2, 0.25) is 0 Å². The number of hydrogen-bond acceptors (Lipinski definition) is 3. The highest BCUT2D eigenvalue weighted by molar-refractivity contribution is 5.31. The van der Waals surface area contributed by atoms with Crippen molar-refractivity contribution in [3.63, 3.8) is 0 Å². The lowest BCUT2D eigenvalue weighted by Crippen LogP contribution is -2.17. The summed E-state index contributed by atoms with van der Waals surface area (Å²) >= 11 is 0. The standard InChI is InChI=1S/C16H19FN2O/c1-4-18-12(3)13-6-8-16(19-10-13)20-14-7-5-11(2)15(17)9-14/h5-10,12,18H,4H2,1-3H3. The monoisotopic (exact) mass is 274 g/mol. The minimum Gasteiger partial charge on any atom is -0.439 e. The van der Waals surface area contributed by atoms with Gasteiger partial charge in [-0.25, -0.2) is 9.37 Å². The van der Waals surface area contributed by atoms with E-state index in [2.05, 4.69) is 24.1 Å². The number of nitrogens with zero attached hydrogens (tertiary/aromatic N) is 1. The first kappa shape index (κ1) is 14.5. The Morgan fingerprint density at radius 3 is 2.70 bits per heavy atom. The predicted molar refractivity (Wildman–Crippen MR) is 77.5 cm³/mol. The third-order valence-electron chi connectivity index (χ3n) is 3.14. The molecule has 1 N–H and O–H groups in total. The zero-order valence-electron chi connectivity index (χ0n) is 12.0. The summed E-state index contributed by atoms with van der Waals surface area (Å²) in [6, 6.07) is 8.79. The minimum atomic E-state index is -0.278. The predicted octanol–water partition coefficient (Wildman–Crippen LogP) is 3.99. The molecule has 0 fully saturated rings. The maximum Gasteiger partial charge on any atom is 0.219 e. The van der Waals surface area contributed by atoms with Crippen LogP contribution in [0.15, 0.2) is 36.5 Å². The van der Waals surface area contributed by atoms with Crippen molar-refractivity contribution in [2.75, 3.05) is 6.54 Å². The van der Waals surface area contributed by atoms with E-state index in [0.29, 0.717) is 17.2 Å². The Morgan fingerprint density at radius 1 is 1.30 bits per heavy atom. The molecule has 1 heterocycles. The molecular weight excluding hydrogens is 255 g/mol.